The molecule has 9 nitrogen and oxygen atoms in total. The molecule has 0 saturated carbocycles. The molecule has 0 aromatic heterocycles. The van der Waals surface area contributed by atoms with Crippen LogP contribution in [0.3, 0.4) is 0 Å². The average Bonchev–Trinajstić information content (AvgIpc) is 2.85. The lowest BCUT2D eigenvalue weighted by molar-refractivity contribution is -0.000341. The molecule has 1 fully saturated rings. The molecular weight excluding hydrogens is 440 g/mol. The lowest BCUT2D eigenvalue weighted by Gasteiger charge is -2.32. The number of dihydropyridines is 2. The maximum Gasteiger partial charge on any atom is 0.132 e. The summed E-state index contributed by atoms with van der Waals surface area (Å²) in [5.74, 6) is 1.16. The van der Waals surface area contributed by atoms with Crippen molar-refractivity contribution >= 4 is 18.3 Å². The zero-order valence-electron chi connectivity index (χ0n) is 20.9. The van der Waals surface area contributed by atoms with Gasteiger partial charge in [0.2, 0.25) is 0 Å². The predicted molar refractivity (Wildman–Crippen MR) is 144 cm³/mol. The number of amidine groups is 1. The van der Waals surface area contributed by atoms with E-state index in [9.17, 15) is 0 Å². The first-order valence-corrected chi connectivity index (χ1v) is 12.1. The third kappa shape index (κ3) is 7.53. The maximum atomic E-state index is 7.53. The number of allylic oxidation sites excluding steroid dienone is 6. The summed E-state index contributed by atoms with van der Waals surface area (Å²) in [5, 5.41) is 14.1. The molecular formula is C26H38N8O. The minimum atomic E-state index is 0.199. The van der Waals surface area contributed by atoms with Gasteiger partial charge < -0.3 is 32.2 Å². The van der Waals surface area contributed by atoms with E-state index in [1.807, 2.05) is 44.5 Å². The van der Waals surface area contributed by atoms with Gasteiger partial charge in [0.05, 0.1) is 24.6 Å². The molecule has 1 saturated heterocycles. The number of morpholine rings is 1. The number of fused-ring (bicyclic) bond motifs is 1. The number of nitrogens with zero attached hydrogens (tertiary/aromatic N) is 3. The quantitative estimate of drug-likeness (QED) is 0.186. The van der Waals surface area contributed by atoms with Crippen LogP contribution in [0.2, 0.25) is 0 Å². The first-order valence-electron chi connectivity index (χ1n) is 12.1. The van der Waals surface area contributed by atoms with Crippen molar-refractivity contribution in [1.29, 1.82) is 5.41 Å². The van der Waals surface area contributed by atoms with E-state index in [0.29, 0.717) is 17.7 Å². The van der Waals surface area contributed by atoms with Gasteiger partial charge in [0.15, 0.2) is 0 Å². The number of nitrogens with one attached hydrogen (secondary N) is 3. The molecule has 0 aromatic rings. The highest BCUT2D eigenvalue weighted by atomic mass is 16.5. The Hall–Kier alpha value is -3.43. The van der Waals surface area contributed by atoms with Gasteiger partial charge in [0, 0.05) is 61.7 Å². The Morgan fingerprint density at radius 2 is 2.17 bits per heavy atom. The van der Waals surface area contributed by atoms with E-state index in [1.165, 1.54) is 6.21 Å². The van der Waals surface area contributed by atoms with Crippen molar-refractivity contribution in [3.8, 4) is 0 Å². The molecule has 3 aliphatic heterocycles. The molecule has 35 heavy (non-hydrogen) atoms. The zero-order chi connectivity index (χ0) is 25.2. The molecule has 1 unspecified atom stereocenters. The van der Waals surface area contributed by atoms with Crippen molar-refractivity contribution < 1.29 is 4.74 Å². The Balaban J connectivity index is 1.59. The minimum Gasteiger partial charge on any atom is -0.404 e. The van der Waals surface area contributed by atoms with E-state index in [0.717, 1.165) is 67.4 Å². The highest BCUT2D eigenvalue weighted by Crippen LogP contribution is 2.22. The van der Waals surface area contributed by atoms with Crippen LogP contribution in [-0.4, -0.2) is 62.1 Å². The van der Waals surface area contributed by atoms with Gasteiger partial charge in [0.25, 0.3) is 0 Å². The summed E-state index contributed by atoms with van der Waals surface area (Å²) in [6.45, 7) is 10.6. The highest BCUT2D eigenvalue weighted by Gasteiger charge is 2.18. The third-order valence-corrected chi connectivity index (χ3v) is 6.02. The molecule has 0 spiro atoms. The molecule has 0 radical (unpaired) electrons. The van der Waals surface area contributed by atoms with Crippen LogP contribution in [0.5, 0.6) is 0 Å². The van der Waals surface area contributed by atoms with Gasteiger partial charge in [-0.2, -0.15) is 0 Å². The monoisotopic (exact) mass is 478 g/mol. The second-order valence-electron chi connectivity index (χ2n) is 9.01. The Kier molecular flexibility index (Phi) is 9.63. The van der Waals surface area contributed by atoms with Crippen molar-refractivity contribution in [2.45, 2.75) is 33.2 Å². The standard InChI is InChI=1S/C26H38N8O/c1-18(2)20(13-27)12-25(29)33-26-6-5-23-24(32-26)11-21(16-31-23)22(14-28)15-30-7-4-8-34-9-10-35-17-19(34)3/h5-6,11-16,18-19,27,31-32H,4,7-10,17,28H2,1-3H3,(H2,29,33). The molecule has 1 atom stereocenters. The molecule has 0 aromatic carbocycles. The van der Waals surface area contributed by atoms with Crippen LogP contribution < -0.4 is 22.1 Å². The Morgan fingerprint density at radius 1 is 1.34 bits per heavy atom. The Labute approximate surface area is 208 Å². The second-order valence-corrected chi connectivity index (χ2v) is 9.01. The number of nitrogens with two attached hydrogens (primary N) is 2. The summed E-state index contributed by atoms with van der Waals surface area (Å²) in [4.78, 5) is 11.5. The molecule has 188 valence electrons. The van der Waals surface area contributed by atoms with Crippen LogP contribution >= 0.6 is 0 Å². The van der Waals surface area contributed by atoms with Crippen molar-refractivity contribution in [2.24, 2.45) is 27.4 Å². The van der Waals surface area contributed by atoms with Gasteiger partial charge in [0.1, 0.15) is 11.7 Å². The minimum absolute atomic E-state index is 0.199. The fourth-order valence-electron chi connectivity index (χ4n) is 3.88. The van der Waals surface area contributed by atoms with Crippen LogP contribution in [0, 0.1) is 11.3 Å². The number of aliphatic imine (C=N–C) groups is 2. The van der Waals surface area contributed by atoms with E-state index in [4.69, 9.17) is 21.6 Å². The average molecular weight is 479 g/mol. The Morgan fingerprint density at radius 3 is 2.89 bits per heavy atom. The van der Waals surface area contributed by atoms with E-state index >= 15 is 0 Å². The summed E-state index contributed by atoms with van der Waals surface area (Å²) >= 11 is 0. The van der Waals surface area contributed by atoms with Gasteiger partial charge in [-0.05, 0) is 49.1 Å². The van der Waals surface area contributed by atoms with Gasteiger partial charge in [-0.25, -0.2) is 4.99 Å². The normalized spacial score (nSPS) is 22.1. The van der Waals surface area contributed by atoms with E-state index < -0.39 is 0 Å². The summed E-state index contributed by atoms with van der Waals surface area (Å²) in [5.41, 5.74) is 16.4. The van der Waals surface area contributed by atoms with Crippen LogP contribution in [0.4, 0.5) is 0 Å². The lowest BCUT2D eigenvalue weighted by Crippen LogP contribution is -2.44. The fourth-order valence-corrected chi connectivity index (χ4v) is 3.88. The summed E-state index contributed by atoms with van der Waals surface area (Å²) in [6.07, 6.45) is 15.1. The second kappa shape index (κ2) is 12.9. The predicted octanol–water partition coefficient (Wildman–Crippen LogP) is 2.30. The lowest BCUT2D eigenvalue weighted by atomic mass is 10.0. The topological polar surface area (TPSA) is 137 Å². The van der Waals surface area contributed by atoms with Crippen molar-refractivity contribution in [3.63, 3.8) is 0 Å². The number of ether oxygens (including phenoxy) is 1. The molecule has 0 amide bonds. The maximum absolute atomic E-state index is 7.53. The van der Waals surface area contributed by atoms with Gasteiger partial charge in [-0.3, -0.25) is 9.89 Å². The molecule has 3 heterocycles. The van der Waals surface area contributed by atoms with E-state index in [1.54, 1.807) is 12.3 Å². The fraction of sp³-hybridized carbons (Fsp3) is 0.423. The van der Waals surface area contributed by atoms with Crippen LogP contribution in [-0.2, 0) is 4.74 Å². The molecule has 0 aliphatic carbocycles. The summed E-state index contributed by atoms with van der Waals surface area (Å²) in [6, 6.07) is 0.463. The first-order chi connectivity index (χ1) is 16.9. The number of hydrogen-bond donors (Lipinski definition) is 5. The smallest absolute Gasteiger partial charge is 0.132 e. The van der Waals surface area contributed by atoms with Gasteiger partial charge in [-0.15, -0.1) is 0 Å². The van der Waals surface area contributed by atoms with Crippen molar-refractivity contribution in [1.82, 2.24) is 15.5 Å². The first kappa shape index (κ1) is 26.2. The molecule has 3 aliphatic rings. The summed E-state index contributed by atoms with van der Waals surface area (Å²) in [7, 11) is 0. The van der Waals surface area contributed by atoms with Crippen LogP contribution in [0.1, 0.15) is 27.2 Å². The highest BCUT2D eigenvalue weighted by molar-refractivity contribution is 5.97. The van der Waals surface area contributed by atoms with Crippen molar-refractivity contribution in [3.05, 3.63) is 70.6 Å². The van der Waals surface area contributed by atoms with Gasteiger partial charge in [-0.1, -0.05) is 13.8 Å². The third-order valence-electron chi connectivity index (χ3n) is 6.02. The molecule has 0 bridgehead atoms. The van der Waals surface area contributed by atoms with E-state index in [2.05, 4.69) is 32.4 Å². The zero-order valence-corrected chi connectivity index (χ0v) is 20.9. The van der Waals surface area contributed by atoms with Crippen molar-refractivity contribution in [2.75, 3.05) is 32.8 Å². The van der Waals surface area contributed by atoms with Crippen LogP contribution in [0.15, 0.2) is 80.6 Å². The molecule has 7 N–H and O–H groups in total. The van der Waals surface area contributed by atoms with Gasteiger partial charge >= 0.3 is 0 Å². The van der Waals surface area contributed by atoms with Crippen LogP contribution in [0.25, 0.3) is 0 Å². The SMILES string of the molecule is CC(C)C(C=N)=CC(N)=NC1=CC=C2NC=C(C(C=NCCCN3CCOCC3C)=CN)C=C2N1. The molecule has 9 heteroatoms. The number of hydrogen-bond acceptors (Lipinski definition) is 8. The summed E-state index contributed by atoms with van der Waals surface area (Å²) < 4.78 is 5.50. The van der Waals surface area contributed by atoms with E-state index in [-0.39, 0.29) is 5.92 Å². The number of rotatable bonds is 10. The Bertz CT molecular complexity index is 1030. The molecule has 3 rings (SSSR count). The largest absolute Gasteiger partial charge is 0.404 e.